The summed E-state index contributed by atoms with van der Waals surface area (Å²) in [4.78, 5) is 19.4. The highest BCUT2D eigenvalue weighted by Gasteiger charge is 2.11. The molecule has 0 aliphatic rings. The van der Waals surface area contributed by atoms with Crippen LogP contribution in [-0.2, 0) is 9.53 Å². The van der Waals surface area contributed by atoms with Crippen LogP contribution in [0.1, 0.15) is 92.1 Å². The normalized spacial score (nSPS) is 13.7. The predicted octanol–water partition coefficient (Wildman–Crippen LogP) is 9.36. The largest absolute Gasteiger partial charge is 0.483 e. The first-order chi connectivity index (χ1) is 21.6. The number of carbonyl (C=O) groups excluding carboxylic acids is 1. The molecule has 0 atom stereocenters. The Morgan fingerprint density at radius 2 is 1.76 bits per heavy atom. The lowest BCUT2D eigenvalue weighted by Crippen LogP contribution is -2.29. The number of likely N-dealkylation sites (N-methyl/N-ethyl adjacent to an activating group) is 1. The van der Waals surface area contributed by atoms with Crippen LogP contribution in [0.3, 0.4) is 0 Å². The van der Waals surface area contributed by atoms with Crippen LogP contribution in [0.15, 0.2) is 107 Å². The number of anilines is 1. The van der Waals surface area contributed by atoms with E-state index in [0.717, 1.165) is 101 Å². The molecule has 0 spiro atoms. The van der Waals surface area contributed by atoms with Gasteiger partial charge in [0.05, 0.1) is 18.1 Å². The van der Waals surface area contributed by atoms with E-state index in [4.69, 9.17) is 21.2 Å². The van der Waals surface area contributed by atoms with Gasteiger partial charge in [0, 0.05) is 37.7 Å². The fourth-order valence-electron chi connectivity index (χ4n) is 4.77. The number of benzene rings is 1. The standard InChI is InChI=1S/C37H56N4O2.C2H4/c1-9-13-18-37(41(8)25-31(10-2)22-21-29(6)34-16-14-15-17-35(34)39)40-24-32(11-3)33(26-42)23-28(5)19-20-30(7)36(12-4)43-27-38;1-2/h10,14-17,19,21-22,26H,2,9,11-13,18,20,23-25,27,38-39H2,1,3-8H3;1-2H2/b28-19+,29-21+,31-22+,33-32-,36-30+,40-37?;. The molecule has 0 radical (unpaired) electrons. The van der Waals surface area contributed by atoms with E-state index in [9.17, 15) is 4.79 Å². The number of nitrogens with zero attached hydrogens (tertiary/aromatic N) is 2. The quantitative estimate of drug-likeness (QED) is 0.0186. The smallest absolute Gasteiger partial charge is 0.146 e. The molecule has 0 saturated carbocycles. The topological polar surface area (TPSA) is 93.9 Å². The first-order valence-corrected chi connectivity index (χ1v) is 16.1. The molecule has 0 unspecified atom stereocenters. The third-order valence-corrected chi connectivity index (χ3v) is 7.57. The molecule has 248 valence electrons. The molecule has 45 heavy (non-hydrogen) atoms. The van der Waals surface area contributed by atoms with Crippen LogP contribution < -0.4 is 11.5 Å². The Bertz CT molecular complexity index is 1250. The number of allylic oxidation sites excluding steroid dienone is 8. The van der Waals surface area contributed by atoms with Gasteiger partial charge in [-0.3, -0.25) is 15.5 Å². The van der Waals surface area contributed by atoms with Gasteiger partial charge in [0.25, 0.3) is 0 Å². The molecule has 1 rings (SSSR count). The molecule has 0 aromatic heterocycles. The highest BCUT2D eigenvalue weighted by atomic mass is 16.5. The Morgan fingerprint density at radius 1 is 1.07 bits per heavy atom. The number of ether oxygens (including phenoxy) is 1. The summed E-state index contributed by atoms with van der Waals surface area (Å²) in [5, 5.41) is 0. The highest BCUT2D eigenvalue weighted by Crippen LogP contribution is 2.22. The SMILES string of the molecule is C=C.C=C/C(=C\C=C(/C)c1ccccc1N)CN(C)C(CCCC)=NC/C(CC)=C(\C=O)C/C(C)=C/C/C(C)=C(\CC)OCN. The zero-order valence-electron chi connectivity index (χ0n) is 29.3. The van der Waals surface area contributed by atoms with Gasteiger partial charge in [-0.1, -0.05) is 81.8 Å². The molecule has 0 bridgehead atoms. The average Bonchev–Trinajstić information content (AvgIpc) is 3.05. The molecule has 4 N–H and O–H groups in total. The van der Waals surface area contributed by atoms with E-state index in [1.807, 2.05) is 30.3 Å². The molecular weight excluding hydrogens is 556 g/mol. The van der Waals surface area contributed by atoms with Gasteiger partial charge in [0.15, 0.2) is 0 Å². The van der Waals surface area contributed by atoms with Crippen molar-refractivity contribution in [3.8, 4) is 0 Å². The summed E-state index contributed by atoms with van der Waals surface area (Å²) in [6.45, 7) is 24.0. The molecule has 0 amide bonds. The third kappa shape index (κ3) is 15.6. The van der Waals surface area contributed by atoms with Gasteiger partial charge >= 0.3 is 0 Å². The molecule has 1 aromatic rings. The van der Waals surface area contributed by atoms with Crippen LogP contribution in [0.5, 0.6) is 0 Å². The van der Waals surface area contributed by atoms with Crippen LogP contribution in [-0.4, -0.2) is 43.9 Å². The van der Waals surface area contributed by atoms with Gasteiger partial charge in [0.2, 0.25) is 0 Å². The summed E-state index contributed by atoms with van der Waals surface area (Å²) in [5.74, 6) is 1.98. The minimum absolute atomic E-state index is 0.183. The van der Waals surface area contributed by atoms with Crippen LogP contribution in [0.25, 0.3) is 5.57 Å². The first kappa shape index (κ1) is 41.1. The highest BCUT2D eigenvalue weighted by molar-refractivity contribution is 5.83. The minimum atomic E-state index is 0.183. The second kappa shape index (κ2) is 24.4. The number of para-hydroxylation sites is 1. The maximum atomic E-state index is 12.2. The predicted molar refractivity (Wildman–Crippen MR) is 198 cm³/mol. The zero-order valence-corrected chi connectivity index (χ0v) is 29.3. The van der Waals surface area contributed by atoms with Crippen molar-refractivity contribution in [2.45, 2.75) is 86.5 Å². The van der Waals surface area contributed by atoms with E-state index in [2.05, 4.69) is 91.5 Å². The minimum Gasteiger partial charge on any atom is -0.483 e. The molecule has 6 heteroatoms. The van der Waals surface area contributed by atoms with Gasteiger partial charge < -0.3 is 15.4 Å². The van der Waals surface area contributed by atoms with E-state index in [0.29, 0.717) is 19.5 Å². The monoisotopic (exact) mass is 616 g/mol. The Kier molecular flexibility index (Phi) is 22.3. The van der Waals surface area contributed by atoms with Gasteiger partial charge in [0.1, 0.15) is 13.0 Å². The number of hydrogen-bond acceptors (Lipinski definition) is 5. The number of hydrogen-bond donors (Lipinski definition) is 2. The zero-order chi connectivity index (χ0) is 34.2. The van der Waals surface area contributed by atoms with Crippen molar-refractivity contribution in [2.75, 3.05) is 32.6 Å². The summed E-state index contributed by atoms with van der Waals surface area (Å²) in [5.41, 5.74) is 19.9. The number of aliphatic imine (C=N–C) groups is 1. The summed E-state index contributed by atoms with van der Waals surface area (Å²) in [6, 6.07) is 7.90. The Hall–Kier alpha value is -3.90. The molecule has 0 aliphatic heterocycles. The molecule has 0 saturated heterocycles. The van der Waals surface area contributed by atoms with E-state index >= 15 is 0 Å². The van der Waals surface area contributed by atoms with Crippen LogP contribution in [0, 0.1) is 0 Å². The van der Waals surface area contributed by atoms with Gasteiger partial charge in [-0.05, 0) is 80.4 Å². The summed E-state index contributed by atoms with van der Waals surface area (Å²) in [7, 11) is 2.08. The lowest BCUT2D eigenvalue weighted by Gasteiger charge is -2.23. The second-order valence-electron chi connectivity index (χ2n) is 11.0. The summed E-state index contributed by atoms with van der Waals surface area (Å²) < 4.78 is 5.55. The van der Waals surface area contributed by atoms with Crippen LogP contribution in [0.2, 0.25) is 0 Å². The van der Waals surface area contributed by atoms with Crippen molar-refractivity contribution < 1.29 is 9.53 Å². The molecular formula is C39H60N4O2. The number of unbranched alkanes of at least 4 members (excludes halogenated alkanes) is 1. The number of aldehydes is 1. The second-order valence-corrected chi connectivity index (χ2v) is 11.0. The molecule has 1 aromatic carbocycles. The van der Waals surface area contributed by atoms with Crippen molar-refractivity contribution in [3.05, 3.63) is 107 Å². The molecule has 0 aliphatic carbocycles. The Labute approximate surface area is 274 Å². The van der Waals surface area contributed by atoms with Crippen molar-refractivity contribution in [1.29, 1.82) is 0 Å². The third-order valence-electron chi connectivity index (χ3n) is 7.57. The van der Waals surface area contributed by atoms with Gasteiger partial charge in [-0.15, -0.1) is 13.2 Å². The number of nitrogens with two attached hydrogens (primary N) is 2. The lowest BCUT2D eigenvalue weighted by atomic mass is 9.98. The average molecular weight is 617 g/mol. The van der Waals surface area contributed by atoms with Crippen LogP contribution in [0.4, 0.5) is 5.69 Å². The lowest BCUT2D eigenvalue weighted by molar-refractivity contribution is -0.105. The fourth-order valence-corrected chi connectivity index (χ4v) is 4.77. The summed E-state index contributed by atoms with van der Waals surface area (Å²) >= 11 is 0. The fraction of sp³-hybridized carbons (Fsp3) is 0.436. The van der Waals surface area contributed by atoms with Gasteiger partial charge in [-0.25, -0.2) is 0 Å². The molecule has 6 nitrogen and oxygen atoms in total. The molecule has 0 fully saturated rings. The molecule has 0 heterocycles. The maximum absolute atomic E-state index is 12.2. The van der Waals surface area contributed by atoms with E-state index in [-0.39, 0.29) is 6.73 Å². The number of amidine groups is 1. The van der Waals surface area contributed by atoms with Gasteiger partial charge in [-0.2, -0.15) is 0 Å². The van der Waals surface area contributed by atoms with Crippen molar-refractivity contribution in [1.82, 2.24) is 4.90 Å². The number of carbonyl (C=O) groups is 1. The van der Waals surface area contributed by atoms with Crippen LogP contribution >= 0.6 is 0 Å². The van der Waals surface area contributed by atoms with E-state index in [1.165, 1.54) is 0 Å². The van der Waals surface area contributed by atoms with Crippen molar-refractivity contribution in [3.63, 3.8) is 0 Å². The summed E-state index contributed by atoms with van der Waals surface area (Å²) in [6.07, 6.45) is 15.3. The van der Waals surface area contributed by atoms with Crippen molar-refractivity contribution >= 4 is 23.4 Å². The Balaban J connectivity index is 0.00000947. The van der Waals surface area contributed by atoms with Crippen molar-refractivity contribution in [2.24, 2.45) is 10.7 Å². The van der Waals surface area contributed by atoms with E-state index in [1.54, 1.807) is 0 Å². The first-order valence-electron chi connectivity index (χ1n) is 16.1. The number of nitrogen functional groups attached to an aromatic ring is 1. The Morgan fingerprint density at radius 3 is 2.31 bits per heavy atom. The number of rotatable bonds is 19. The van der Waals surface area contributed by atoms with E-state index < -0.39 is 0 Å². The maximum Gasteiger partial charge on any atom is 0.146 e.